The average Bonchev–Trinajstić information content (AvgIpc) is 2.13. The van der Waals surface area contributed by atoms with Gasteiger partial charge in [-0.1, -0.05) is 6.92 Å². The van der Waals surface area contributed by atoms with Crippen molar-refractivity contribution in [2.75, 3.05) is 13.2 Å². The van der Waals surface area contributed by atoms with Crippen molar-refractivity contribution in [2.24, 2.45) is 0 Å². The molecule has 5 heteroatoms. The smallest absolute Gasteiger partial charge is 0.308 e. The van der Waals surface area contributed by atoms with Crippen molar-refractivity contribution in [1.29, 1.82) is 0 Å². The lowest BCUT2D eigenvalue weighted by atomic mass is 10.1. The first-order chi connectivity index (χ1) is 6.61. The number of carboxylic acid groups (broad SMARTS) is 1. The molecule has 1 amide bonds. The van der Waals surface area contributed by atoms with Crippen LogP contribution in [0, 0.1) is 0 Å². The molecule has 0 aliphatic carbocycles. The first kappa shape index (κ1) is 12.6. The van der Waals surface area contributed by atoms with Gasteiger partial charge in [0.1, 0.15) is 0 Å². The van der Waals surface area contributed by atoms with Gasteiger partial charge in [-0.25, -0.2) is 0 Å². The summed E-state index contributed by atoms with van der Waals surface area (Å²) in [5.41, 5.74) is 0.0912. The van der Waals surface area contributed by atoms with Gasteiger partial charge in [0.2, 0.25) is 5.91 Å². The van der Waals surface area contributed by atoms with Crippen LogP contribution in [-0.2, 0) is 9.59 Å². The Bertz CT molecular complexity index is 235. The Morgan fingerprint density at radius 2 is 2.07 bits per heavy atom. The Labute approximate surface area is 82.4 Å². The normalized spacial score (nSPS) is 11.1. The van der Waals surface area contributed by atoms with Crippen molar-refractivity contribution in [3.8, 4) is 0 Å². The number of amides is 1. The molecule has 0 aromatic carbocycles. The number of hydrogen-bond donors (Lipinski definition) is 3. The summed E-state index contributed by atoms with van der Waals surface area (Å²) in [7, 11) is 0. The number of carboxylic acids is 1. The van der Waals surface area contributed by atoms with E-state index in [1.54, 1.807) is 0 Å². The van der Waals surface area contributed by atoms with Gasteiger partial charge in [0.25, 0.3) is 0 Å². The highest BCUT2D eigenvalue weighted by molar-refractivity contribution is 5.97. The predicted octanol–water partition coefficient (Wildman–Crippen LogP) is -0.0940. The van der Waals surface area contributed by atoms with Gasteiger partial charge in [0, 0.05) is 12.1 Å². The zero-order valence-corrected chi connectivity index (χ0v) is 8.12. The molecule has 0 aromatic heterocycles. The minimum absolute atomic E-state index is 0.0912. The number of aliphatic carboxylic acids is 1. The molecule has 0 atom stereocenters. The molecule has 14 heavy (non-hydrogen) atoms. The van der Waals surface area contributed by atoms with Gasteiger partial charge in [0.05, 0.1) is 13.0 Å². The van der Waals surface area contributed by atoms with Crippen molar-refractivity contribution in [3.05, 3.63) is 11.6 Å². The second-order valence-corrected chi connectivity index (χ2v) is 2.74. The lowest BCUT2D eigenvalue weighted by Crippen LogP contribution is -2.26. The summed E-state index contributed by atoms with van der Waals surface area (Å²) in [6, 6.07) is 0. The van der Waals surface area contributed by atoms with E-state index in [0.29, 0.717) is 6.54 Å². The summed E-state index contributed by atoms with van der Waals surface area (Å²) in [5, 5.41) is 19.6. The fraction of sp³-hybridized carbons (Fsp3) is 0.556. The molecule has 0 radical (unpaired) electrons. The molecule has 0 heterocycles. The summed E-state index contributed by atoms with van der Waals surface area (Å²) in [6.07, 6.45) is 1.63. The third-order valence-corrected chi connectivity index (χ3v) is 1.51. The van der Waals surface area contributed by atoms with E-state index in [9.17, 15) is 9.59 Å². The fourth-order valence-electron chi connectivity index (χ4n) is 0.870. The van der Waals surface area contributed by atoms with Crippen LogP contribution in [0.2, 0.25) is 0 Å². The van der Waals surface area contributed by atoms with Crippen LogP contribution in [0.5, 0.6) is 0 Å². The molecule has 0 bridgehead atoms. The third-order valence-electron chi connectivity index (χ3n) is 1.51. The van der Waals surface area contributed by atoms with Crippen molar-refractivity contribution >= 4 is 11.9 Å². The van der Waals surface area contributed by atoms with Gasteiger partial charge in [-0.15, -0.1) is 0 Å². The molecule has 0 rings (SSSR count). The van der Waals surface area contributed by atoms with E-state index >= 15 is 0 Å². The van der Waals surface area contributed by atoms with Gasteiger partial charge < -0.3 is 15.5 Å². The Morgan fingerprint density at radius 1 is 1.43 bits per heavy atom. The molecule has 0 saturated carbocycles. The van der Waals surface area contributed by atoms with Gasteiger partial charge in [-0.3, -0.25) is 9.59 Å². The standard InChI is InChI=1S/C9H15NO4/c1-2-4-10-9(14)7(3-5-11)6-8(12)13/h3,11H,2,4-6H2,1H3,(H,10,14)(H,12,13). The number of rotatable bonds is 6. The highest BCUT2D eigenvalue weighted by Crippen LogP contribution is 2.01. The lowest BCUT2D eigenvalue weighted by Gasteiger charge is -2.05. The molecule has 0 aliphatic rings. The second kappa shape index (κ2) is 7.08. The molecule has 0 aromatic rings. The predicted molar refractivity (Wildman–Crippen MR) is 50.7 cm³/mol. The highest BCUT2D eigenvalue weighted by atomic mass is 16.4. The molecule has 0 fully saturated rings. The molecule has 0 spiro atoms. The maximum atomic E-state index is 11.3. The topological polar surface area (TPSA) is 86.6 Å². The maximum Gasteiger partial charge on any atom is 0.308 e. The van der Waals surface area contributed by atoms with Crippen LogP contribution >= 0.6 is 0 Å². The highest BCUT2D eigenvalue weighted by Gasteiger charge is 2.11. The van der Waals surface area contributed by atoms with Crippen molar-refractivity contribution in [2.45, 2.75) is 19.8 Å². The quantitative estimate of drug-likeness (QED) is 0.524. The monoisotopic (exact) mass is 201 g/mol. The van der Waals surface area contributed by atoms with E-state index < -0.39 is 11.9 Å². The third kappa shape index (κ3) is 5.31. The molecule has 80 valence electrons. The number of aliphatic hydroxyl groups is 1. The molecule has 0 aliphatic heterocycles. The van der Waals surface area contributed by atoms with Crippen LogP contribution in [0.3, 0.4) is 0 Å². The maximum absolute atomic E-state index is 11.3. The van der Waals surface area contributed by atoms with Crippen LogP contribution in [0.25, 0.3) is 0 Å². The number of hydrogen-bond acceptors (Lipinski definition) is 3. The van der Waals surface area contributed by atoms with Crippen LogP contribution < -0.4 is 5.32 Å². The van der Waals surface area contributed by atoms with Crippen molar-refractivity contribution in [3.63, 3.8) is 0 Å². The minimum atomic E-state index is -1.09. The zero-order chi connectivity index (χ0) is 11.0. The van der Waals surface area contributed by atoms with Crippen molar-refractivity contribution in [1.82, 2.24) is 5.32 Å². The van der Waals surface area contributed by atoms with Crippen molar-refractivity contribution < 1.29 is 19.8 Å². The number of carbonyl (C=O) groups is 2. The van der Waals surface area contributed by atoms with E-state index in [4.69, 9.17) is 10.2 Å². The fourth-order valence-corrected chi connectivity index (χ4v) is 0.870. The van der Waals surface area contributed by atoms with Crippen LogP contribution in [0.1, 0.15) is 19.8 Å². The number of aliphatic hydroxyl groups excluding tert-OH is 1. The first-order valence-electron chi connectivity index (χ1n) is 4.41. The largest absolute Gasteiger partial charge is 0.481 e. The summed E-state index contributed by atoms with van der Waals surface area (Å²) in [6.45, 7) is 2.07. The molecular weight excluding hydrogens is 186 g/mol. The van der Waals surface area contributed by atoms with Crippen LogP contribution in [0.15, 0.2) is 11.6 Å². The van der Waals surface area contributed by atoms with Gasteiger partial charge in [0.15, 0.2) is 0 Å². The first-order valence-corrected chi connectivity index (χ1v) is 4.41. The Hall–Kier alpha value is -1.36. The Morgan fingerprint density at radius 3 is 2.50 bits per heavy atom. The van der Waals surface area contributed by atoms with E-state index in [2.05, 4.69) is 5.32 Å². The molecule has 5 nitrogen and oxygen atoms in total. The van der Waals surface area contributed by atoms with E-state index in [1.165, 1.54) is 6.08 Å². The van der Waals surface area contributed by atoms with Gasteiger partial charge >= 0.3 is 5.97 Å². The van der Waals surface area contributed by atoms with Crippen LogP contribution in [0.4, 0.5) is 0 Å². The SMILES string of the molecule is CCCNC(=O)C(=CCO)CC(=O)O. The van der Waals surface area contributed by atoms with E-state index in [0.717, 1.165) is 6.42 Å². The number of carbonyl (C=O) groups excluding carboxylic acids is 1. The van der Waals surface area contributed by atoms with Gasteiger partial charge in [-0.05, 0) is 12.5 Å². The molecule has 3 N–H and O–H groups in total. The van der Waals surface area contributed by atoms with Crippen LogP contribution in [-0.4, -0.2) is 35.2 Å². The molecular formula is C9H15NO4. The summed E-state index contributed by atoms with van der Waals surface area (Å²) < 4.78 is 0. The number of nitrogens with one attached hydrogen (secondary N) is 1. The molecule has 0 saturated heterocycles. The summed E-state index contributed by atoms with van der Waals surface area (Å²) in [4.78, 5) is 21.6. The van der Waals surface area contributed by atoms with E-state index in [1.807, 2.05) is 6.92 Å². The minimum Gasteiger partial charge on any atom is -0.481 e. The van der Waals surface area contributed by atoms with Gasteiger partial charge in [-0.2, -0.15) is 0 Å². The average molecular weight is 201 g/mol. The molecule has 0 unspecified atom stereocenters. The van der Waals surface area contributed by atoms with E-state index in [-0.39, 0.29) is 18.6 Å². The summed E-state index contributed by atoms with van der Waals surface area (Å²) >= 11 is 0. The Kier molecular flexibility index (Phi) is 6.39. The second-order valence-electron chi connectivity index (χ2n) is 2.74. The zero-order valence-electron chi connectivity index (χ0n) is 8.12. The Balaban J connectivity index is 4.26. The lowest BCUT2D eigenvalue weighted by molar-refractivity contribution is -0.137. The summed E-state index contributed by atoms with van der Waals surface area (Å²) in [5.74, 6) is -1.51.